The van der Waals surface area contributed by atoms with Crippen molar-refractivity contribution in [3.8, 4) is 0 Å². The zero-order chi connectivity index (χ0) is 14.0. The summed E-state index contributed by atoms with van der Waals surface area (Å²) in [5.41, 5.74) is 10.0. The number of aryl methyl sites for hydroxylation is 1. The van der Waals surface area contributed by atoms with E-state index in [1.165, 1.54) is 16.8 Å². The average molecular weight is 262 g/mol. The minimum atomic E-state index is 0.0418. The summed E-state index contributed by atoms with van der Waals surface area (Å²) < 4.78 is 5.61. The Bertz CT molecular complexity index is 440. The molecule has 1 unspecified atom stereocenters. The Morgan fingerprint density at radius 1 is 1.42 bits per heavy atom. The van der Waals surface area contributed by atoms with Gasteiger partial charge in [0.25, 0.3) is 0 Å². The molecule has 0 saturated carbocycles. The van der Waals surface area contributed by atoms with E-state index < -0.39 is 0 Å². The first-order valence-electron chi connectivity index (χ1n) is 7.10. The van der Waals surface area contributed by atoms with Crippen LogP contribution in [0.3, 0.4) is 0 Å². The third kappa shape index (κ3) is 3.28. The van der Waals surface area contributed by atoms with Crippen LogP contribution in [0.5, 0.6) is 0 Å². The van der Waals surface area contributed by atoms with E-state index in [-0.39, 0.29) is 11.6 Å². The first-order chi connectivity index (χ1) is 8.90. The van der Waals surface area contributed by atoms with E-state index in [0.717, 1.165) is 26.2 Å². The van der Waals surface area contributed by atoms with Gasteiger partial charge in [-0.05, 0) is 45.7 Å². The molecular formula is C16H26N2O. The fourth-order valence-electron chi connectivity index (χ4n) is 2.79. The molecule has 2 N–H and O–H groups in total. The average Bonchev–Trinajstić information content (AvgIpc) is 2.29. The Hall–Kier alpha value is -1.06. The summed E-state index contributed by atoms with van der Waals surface area (Å²) in [7, 11) is 0. The van der Waals surface area contributed by atoms with Crippen LogP contribution in [-0.4, -0.2) is 31.3 Å². The quantitative estimate of drug-likeness (QED) is 0.909. The summed E-state index contributed by atoms with van der Waals surface area (Å²) in [5, 5.41) is 0. The maximum atomic E-state index is 6.00. The smallest absolute Gasteiger partial charge is 0.0694 e. The number of rotatable bonds is 3. The highest BCUT2D eigenvalue weighted by molar-refractivity contribution is 5.57. The highest BCUT2D eigenvalue weighted by Crippen LogP contribution is 2.31. The third-order valence-electron chi connectivity index (χ3n) is 3.71. The number of morpholine rings is 1. The van der Waals surface area contributed by atoms with Gasteiger partial charge in [-0.2, -0.15) is 0 Å². The molecule has 1 aliphatic heterocycles. The molecule has 1 saturated heterocycles. The fourth-order valence-corrected chi connectivity index (χ4v) is 2.79. The van der Waals surface area contributed by atoms with Gasteiger partial charge in [0.1, 0.15) is 0 Å². The molecule has 3 nitrogen and oxygen atoms in total. The molecule has 1 aromatic rings. The van der Waals surface area contributed by atoms with Crippen LogP contribution in [0.2, 0.25) is 0 Å². The molecular weight excluding hydrogens is 236 g/mol. The van der Waals surface area contributed by atoms with Crippen LogP contribution in [0.1, 0.15) is 31.9 Å². The predicted octanol–water partition coefficient (Wildman–Crippen LogP) is 2.50. The predicted molar refractivity (Wildman–Crippen MR) is 80.8 cm³/mol. The van der Waals surface area contributed by atoms with Crippen molar-refractivity contribution in [2.24, 2.45) is 5.73 Å². The van der Waals surface area contributed by atoms with Crippen molar-refractivity contribution in [2.75, 3.05) is 24.7 Å². The molecule has 0 spiro atoms. The second-order valence-corrected chi connectivity index (χ2v) is 6.33. The third-order valence-corrected chi connectivity index (χ3v) is 3.71. The number of nitrogens with two attached hydrogens (primary N) is 1. The van der Waals surface area contributed by atoms with Crippen LogP contribution in [0.25, 0.3) is 0 Å². The van der Waals surface area contributed by atoms with E-state index in [1.807, 2.05) is 0 Å². The van der Waals surface area contributed by atoms with Crippen LogP contribution < -0.4 is 10.6 Å². The number of nitrogens with zero attached hydrogens (tertiary/aromatic N) is 1. The van der Waals surface area contributed by atoms with Crippen LogP contribution in [0.4, 0.5) is 5.69 Å². The minimum Gasteiger partial charge on any atom is -0.377 e. The van der Waals surface area contributed by atoms with Crippen LogP contribution in [0, 0.1) is 6.92 Å². The number of hydrogen-bond donors (Lipinski definition) is 1. The molecule has 1 fully saturated rings. The van der Waals surface area contributed by atoms with Gasteiger partial charge in [-0.25, -0.2) is 0 Å². The Morgan fingerprint density at radius 2 is 2.16 bits per heavy atom. The van der Waals surface area contributed by atoms with E-state index in [0.29, 0.717) is 0 Å². The fraction of sp³-hybridized carbons (Fsp3) is 0.625. The summed E-state index contributed by atoms with van der Waals surface area (Å²) in [6.07, 6.45) is 0.921. The molecule has 1 heterocycles. The molecule has 1 aromatic carbocycles. The SMILES string of the molecule is Cc1ccc(N2CCOCC2(C)C)c(CC(C)N)c1. The van der Waals surface area contributed by atoms with E-state index in [1.54, 1.807) is 0 Å². The second-order valence-electron chi connectivity index (χ2n) is 6.33. The van der Waals surface area contributed by atoms with Crippen molar-refractivity contribution < 1.29 is 4.74 Å². The largest absolute Gasteiger partial charge is 0.377 e. The summed E-state index contributed by atoms with van der Waals surface area (Å²) in [5.74, 6) is 0. The first-order valence-corrected chi connectivity index (χ1v) is 7.10. The number of hydrogen-bond acceptors (Lipinski definition) is 3. The molecule has 106 valence electrons. The Labute approximate surface area is 116 Å². The monoisotopic (exact) mass is 262 g/mol. The maximum absolute atomic E-state index is 6.00. The molecule has 3 heteroatoms. The van der Waals surface area contributed by atoms with E-state index in [4.69, 9.17) is 10.5 Å². The topological polar surface area (TPSA) is 38.5 Å². The van der Waals surface area contributed by atoms with Crippen molar-refractivity contribution in [3.63, 3.8) is 0 Å². The van der Waals surface area contributed by atoms with E-state index >= 15 is 0 Å². The zero-order valence-corrected chi connectivity index (χ0v) is 12.6. The van der Waals surface area contributed by atoms with Gasteiger partial charge < -0.3 is 15.4 Å². The number of anilines is 1. The molecule has 1 aliphatic rings. The van der Waals surface area contributed by atoms with Crippen molar-refractivity contribution in [1.82, 2.24) is 0 Å². The van der Waals surface area contributed by atoms with Crippen molar-refractivity contribution >= 4 is 5.69 Å². The standard InChI is InChI=1S/C16H26N2O/c1-12-5-6-15(14(9-12)10-13(2)17)18-7-8-19-11-16(18,3)4/h5-6,9,13H,7-8,10-11,17H2,1-4H3. The van der Waals surface area contributed by atoms with Crippen LogP contribution in [0.15, 0.2) is 18.2 Å². The summed E-state index contributed by atoms with van der Waals surface area (Å²) in [6, 6.07) is 6.88. The molecule has 0 bridgehead atoms. The normalized spacial score (nSPS) is 20.4. The lowest BCUT2D eigenvalue weighted by molar-refractivity contribution is 0.0643. The van der Waals surface area contributed by atoms with Crippen molar-refractivity contribution in [2.45, 2.75) is 45.7 Å². The molecule has 0 radical (unpaired) electrons. The molecule has 0 aromatic heterocycles. The Kier molecular flexibility index (Phi) is 4.16. The second kappa shape index (κ2) is 5.51. The Balaban J connectivity index is 2.37. The lowest BCUT2D eigenvalue weighted by Crippen LogP contribution is -2.53. The van der Waals surface area contributed by atoms with E-state index in [2.05, 4.69) is 50.8 Å². The zero-order valence-electron chi connectivity index (χ0n) is 12.6. The maximum Gasteiger partial charge on any atom is 0.0694 e. The molecule has 1 atom stereocenters. The summed E-state index contributed by atoms with van der Waals surface area (Å²) >= 11 is 0. The number of benzene rings is 1. The van der Waals surface area contributed by atoms with Gasteiger partial charge >= 0.3 is 0 Å². The number of ether oxygens (including phenoxy) is 1. The van der Waals surface area contributed by atoms with Gasteiger partial charge in [0.05, 0.1) is 18.8 Å². The van der Waals surface area contributed by atoms with Gasteiger partial charge in [0.15, 0.2) is 0 Å². The van der Waals surface area contributed by atoms with Crippen molar-refractivity contribution in [3.05, 3.63) is 29.3 Å². The summed E-state index contributed by atoms with van der Waals surface area (Å²) in [6.45, 7) is 11.2. The molecule has 19 heavy (non-hydrogen) atoms. The highest BCUT2D eigenvalue weighted by atomic mass is 16.5. The molecule has 0 amide bonds. The van der Waals surface area contributed by atoms with Gasteiger partial charge in [0, 0.05) is 18.3 Å². The minimum absolute atomic E-state index is 0.0418. The highest BCUT2D eigenvalue weighted by Gasteiger charge is 2.31. The van der Waals surface area contributed by atoms with Gasteiger partial charge in [0.2, 0.25) is 0 Å². The summed E-state index contributed by atoms with van der Waals surface area (Å²) in [4.78, 5) is 2.47. The van der Waals surface area contributed by atoms with Gasteiger partial charge in [-0.15, -0.1) is 0 Å². The van der Waals surface area contributed by atoms with Gasteiger partial charge in [-0.3, -0.25) is 0 Å². The molecule has 0 aliphatic carbocycles. The van der Waals surface area contributed by atoms with Crippen LogP contribution in [-0.2, 0) is 11.2 Å². The lowest BCUT2D eigenvalue weighted by Gasteiger charge is -2.44. The molecule has 2 rings (SSSR count). The first kappa shape index (κ1) is 14.4. The van der Waals surface area contributed by atoms with E-state index in [9.17, 15) is 0 Å². The van der Waals surface area contributed by atoms with Crippen molar-refractivity contribution in [1.29, 1.82) is 0 Å². The van der Waals surface area contributed by atoms with Gasteiger partial charge in [-0.1, -0.05) is 17.7 Å². The Morgan fingerprint density at radius 3 is 2.79 bits per heavy atom. The van der Waals surface area contributed by atoms with Crippen LogP contribution >= 0.6 is 0 Å². The lowest BCUT2D eigenvalue weighted by atomic mass is 9.96.